The third-order valence-corrected chi connectivity index (χ3v) is 2.34. The largest absolute Gasteiger partial charge is 0.330 e. The Balaban J connectivity index is 2.61. The molecule has 0 saturated heterocycles. The Labute approximate surface area is 64.5 Å². The molecule has 0 fully saturated rings. The summed E-state index contributed by atoms with van der Waals surface area (Å²) < 4.78 is 2.23. The highest BCUT2D eigenvalue weighted by Crippen LogP contribution is 2.23. The second-order valence-electron chi connectivity index (χ2n) is 2.97. The molecule has 1 aliphatic rings. The van der Waals surface area contributed by atoms with Crippen LogP contribution in [0.4, 0.5) is 0 Å². The number of nitrogens with zero attached hydrogens (tertiary/aromatic N) is 2. The predicted molar refractivity (Wildman–Crippen MR) is 43.4 cm³/mol. The lowest BCUT2D eigenvalue weighted by molar-refractivity contribution is 0.761. The fraction of sp³-hybridized carbons (Fsp3) is 0.222. The Morgan fingerprint density at radius 1 is 1.36 bits per heavy atom. The van der Waals surface area contributed by atoms with E-state index in [2.05, 4.69) is 27.8 Å². The molecular formula is C9H8N2. The van der Waals surface area contributed by atoms with E-state index < -0.39 is 0 Å². The standard InChI is InChI=1S/C9H8N2/c1-2-7-4-5-11-6-10-8(3-1)9(7)11/h1-3,6H,4-5H2. The Morgan fingerprint density at radius 2 is 2.36 bits per heavy atom. The maximum absolute atomic E-state index is 4.29. The Bertz CT molecular complexity index is 414. The molecule has 0 bridgehead atoms. The number of rotatable bonds is 0. The summed E-state index contributed by atoms with van der Waals surface area (Å²) in [5.41, 5.74) is 3.92. The number of aromatic nitrogens is 2. The molecule has 0 amide bonds. The van der Waals surface area contributed by atoms with Gasteiger partial charge < -0.3 is 4.57 Å². The van der Waals surface area contributed by atoms with Gasteiger partial charge in [-0.3, -0.25) is 0 Å². The second kappa shape index (κ2) is 1.64. The maximum atomic E-state index is 4.29. The minimum atomic E-state index is 1.11. The van der Waals surface area contributed by atoms with E-state index in [1.54, 1.807) is 0 Å². The maximum Gasteiger partial charge on any atom is 0.0958 e. The van der Waals surface area contributed by atoms with Crippen molar-refractivity contribution in [2.24, 2.45) is 0 Å². The topological polar surface area (TPSA) is 17.8 Å². The van der Waals surface area contributed by atoms with Crippen LogP contribution in [0.2, 0.25) is 0 Å². The first-order valence-electron chi connectivity index (χ1n) is 3.88. The van der Waals surface area contributed by atoms with E-state index >= 15 is 0 Å². The first-order chi connectivity index (χ1) is 5.45. The minimum Gasteiger partial charge on any atom is -0.330 e. The number of para-hydroxylation sites is 1. The molecule has 11 heavy (non-hydrogen) atoms. The van der Waals surface area contributed by atoms with Gasteiger partial charge in [0.15, 0.2) is 0 Å². The van der Waals surface area contributed by atoms with E-state index in [4.69, 9.17) is 0 Å². The summed E-state index contributed by atoms with van der Waals surface area (Å²) in [6, 6.07) is 6.34. The summed E-state index contributed by atoms with van der Waals surface area (Å²) in [5.74, 6) is 0. The van der Waals surface area contributed by atoms with Crippen LogP contribution in [0.5, 0.6) is 0 Å². The summed E-state index contributed by atoms with van der Waals surface area (Å²) >= 11 is 0. The van der Waals surface area contributed by atoms with Crippen LogP contribution in [-0.4, -0.2) is 9.55 Å². The second-order valence-corrected chi connectivity index (χ2v) is 2.97. The summed E-state index contributed by atoms with van der Waals surface area (Å²) in [5, 5.41) is 0. The van der Waals surface area contributed by atoms with E-state index in [9.17, 15) is 0 Å². The van der Waals surface area contributed by atoms with E-state index in [1.165, 1.54) is 17.5 Å². The van der Waals surface area contributed by atoms with E-state index in [-0.39, 0.29) is 0 Å². The molecule has 3 rings (SSSR count). The number of hydrogen-bond acceptors (Lipinski definition) is 1. The first kappa shape index (κ1) is 5.35. The monoisotopic (exact) mass is 144 g/mol. The van der Waals surface area contributed by atoms with Crippen LogP contribution in [0, 0.1) is 0 Å². The number of benzene rings is 1. The van der Waals surface area contributed by atoms with Gasteiger partial charge in [-0.15, -0.1) is 0 Å². The summed E-state index contributed by atoms with van der Waals surface area (Å²) in [6.45, 7) is 1.11. The molecule has 0 saturated carbocycles. The van der Waals surface area contributed by atoms with Crippen LogP contribution in [0.15, 0.2) is 24.5 Å². The molecule has 0 radical (unpaired) electrons. The Kier molecular flexibility index (Phi) is 0.799. The molecule has 1 aliphatic heterocycles. The molecule has 1 aromatic heterocycles. The smallest absolute Gasteiger partial charge is 0.0958 e. The van der Waals surface area contributed by atoms with Gasteiger partial charge in [0, 0.05) is 6.54 Å². The van der Waals surface area contributed by atoms with Gasteiger partial charge in [0.25, 0.3) is 0 Å². The van der Waals surface area contributed by atoms with Crippen LogP contribution < -0.4 is 0 Å². The lowest BCUT2D eigenvalue weighted by Gasteiger charge is -1.90. The van der Waals surface area contributed by atoms with Crippen molar-refractivity contribution in [2.75, 3.05) is 0 Å². The lowest BCUT2D eigenvalue weighted by atomic mass is 10.2. The average Bonchev–Trinajstić information content (AvgIpc) is 2.60. The van der Waals surface area contributed by atoms with Crippen molar-refractivity contribution in [3.63, 3.8) is 0 Å². The van der Waals surface area contributed by atoms with Crippen LogP contribution in [0.3, 0.4) is 0 Å². The minimum absolute atomic E-state index is 1.11. The zero-order valence-corrected chi connectivity index (χ0v) is 6.12. The Morgan fingerprint density at radius 3 is 3.36 bits per heavy atom. The van der Waals surface area contributed by atoms with Gasteiger partial charge in [0.1, 0.15) is 0 Å². The van der Waals surface area contributed by atoms with Crippen LogP contribution >= 0.6 is 0 Å². The molecule has 1 aromatic carbocycles. The fourth-order valence-corrected chi connectivity index (χ4v) is 1.82. The zero-order valence-electron chi connectivity index (χ0n) is 6.12. The van der Waals surface area contributed by atoms with Gasteiger partial charge in [0.05, 0.1) is 17.4 Å². The highest BCUT2D eigenvalue weighted by Gasteiger charge is 2.12. The molecule has 0 N–H and O–H groups in total. The third-order valence-electron chi connectivity index (χ3n) is 2.34. The van der Waals surface area contributed by atoms with Crippen molar-refractivity contribution in [1.82, 2.24) is 9.55 Å². The Hall–Kier alpha value is -1.31. The molecule has 2 aromatic rings. The predicted octanol–water partition coefficient (Wildman–Crippen LogP) is 1.59. The molecule has 2 heteroatoms. The van der Waals surface area contributed by atoms with Crippen LogP contribution in [-0.2, 0) is 13.0 Å². The summed E-state index contributed by atoms with van der Waals surface area (Å²) in [7, 11) is 0. The van der Waals surface area contributed by atoms with E-state index in [0.29, 0.717) is 0 Å². The van der Waals surface area contributed by atoms with Crippen molar-refractivity contribution < 1.29 is 0 Å². The molecule has 0 atom stereocenters. The molecular weight excluding hydrogens is 136 g/mol. The number of aryl methyl sites for hydroxylation is 2. The lowest BCUT2D eigenvalue weighted by Crippen LogP contribution is -1.87. The van der Waals surface area contributed by atoms with Gasteiger partial charge in [-0.1, -0.05) is 12.1 Å². The third kappa shape index (κ3) is 0.546. The van der Waals surface area contributed by atoms with Crippen molar-refractivity contribution in [1.29, 1.82) is 0 Å². The van der Waals surface area contributed by atoms with Crippen molar-refractivity contribution >= 4 is 11.0 Å². The molecule has 0 unspecified atom stereocenters. The fourth-order valence-electron chi connectivity index (χ4n) is 1.82. The van der Waals surface area contributed by atoms with Gasteiger partial charge in [-0.25, -0.2) is 4.98 Å². The van der Waals surface area contributed by atoms with Crippen molar-refractivity contribution in [3.05, 3.63) is 30.1 Å². The molecule has 0 spiro atoms. The van der Waals surface area contributed by atoms with E-state index in [1.807, 2.05) is 6.33 Å². The number of imidazole rings is 1. The highest BCUT2D eigenvalue weighted by molar-refractivity contribution is 5.80. The quantitative estimate of drug-likeness (QED) is 0.549. The summed E-state index contributed by atoms with van der Waals surface area (Å²) in [4.78, 5) is 4.29. The zero-order chi connectivity index (χ0) is 7.26. The average molecular weight is 144 g/mol. The SMILES string of the molecule is c1cc2c3c(c1)ncn3CC2. The first-order valence-corrected chi connectivity index (χ1v) is 3.88. The summed E-state index contributed by atoms with van der Waals surface area (Å²) in [6.07, 6.45) is 3.11. The molecule has 0 aliphatic carbocycles. The van der Waals surface area contributed by atoms with Gasteiger partial charge in [-0.05, 0) is 18.1 Å². The normalized spacial score (nSPS) is 14.5. The van der Waals surface area contributed by atoms with Crippen molar-refractivity contribution in [2.45, 2.75) is 13.0 Å². The molecule has 54 valence electrons. The highest BCUT2D eigenvalue weighted by atomic mass is 15.1. The molecule has 2 nitrogen and oxygen atoms in total. The number of hydrogen-bond donors (Lipinski definition) is 0. The molecule has 2 heterocycles. The van der Waals surface area contributed by atoms with E-state index in [0.717, 1.165) is 12.1 Å². The van der Waals surface area contributed by atoms with Gasteiger partial charge >= 0.3 is 0 Å². The van der Waals surface area contributed by atoms with Gasteiger partial charge in [0.2, 0.25) is 0 Å². The van der Waals surface area contributed by atoms with Crippen molar-refractivity contribution in [3.8, 4) is 0 Å². The van der Waals surface area contributed by atoms with Crippen LogP contribution in [0.1, 0.15) is 5.56 Å². The van der Waals surface area contributed by atoms with Gasteiger partial charge in [-0.2, -0.15) is 0 Å². The van der Waals surface area contributed by atoms with Crippen LogP contribution in [0.25, 0.3) is 11.0 Å².